The lowest BCUT2D eigenvalue weighted by atomic mass is 10.1. The fourth-order valence-corrected chi connectivity index (χ4v) is 4.70. The zero-order valence-electron chi connectivity index (χ0n) is 16.4. The van der Waals surface area contributed by atoms with Gasteiger partial charge in [-0.2, -0.15) is 0 Å². The number of carbonyl (C=O) groups is 1. The summed E-state index contributed by atoms with van der Waals surface area (Å²) in [5.74, 6) is -0.477. The molecule has 3 aromatic rings. The molecule has 0 aromatic heterocycles. The van der Waals surface area contributed by atoms with Gasteiger partial charge in [0.1, 0.15) is 6.10 Å². The first-order valence-electron chi connectivity index (χ1n) is 9.38. The van der Waals surface area contributed by atoms with Crippen LogP contribution in [0.25, 0.3) is 0 Å². The van der Waals surface area contributed by atoms with Gasteiger partial charge < -0.3 is 4.74 Å². The topological polar surface area (TPSA) is 72.5 Å². The maximum atomic E-state index is 12.6. The highest BCUT2D eigenvalue weighted by molar-refractivity contribution is 9.09. The first-order valence-corrected chi connectivity index (χ1v) is 11.8. The fourth-order valence-electron chi connectivity index (χ4n) is 2.85. The van der Waals surface area contributed by atoms with E-state index in [-0.39, 0.29) is 11.4 Å². The molecular weight excluding hydrogens is 466 g/mol. The lowest BCUT2D eigenvalue weighted by Crippen LogP contribution is -2.34. The van der Waals surface area contributed by atoms with E-state index < -0.39 is 26.9 Å². The highest BCUT2D eigenvalue weighted by Crippen LogP contribution is 2.28. The van der Waals surface area contributed by atoms with E-state index in [0.29, 0.717) is 5.56 Å². The van der Waals surface area contributed by atoms with Gasteiger partial charge in [-0.25, -0.2) is 17.9 Å². The number of hydrogen-bond acceptors (Lipinski definition) is 4. The first-order chi connectivity index (χ1) is 14.4. The third-order valence-electron chi connectivity index (χ3n) is 4.50. The quantitative estimate of drug-likeness (QED) is 0.371. The highest BCUT2D eigenvalue weighted by atomic mass is 79.9. The van der Waals surface area contributed by atoms with Crippen LogP contribution in [0.4, 0.5) is 0 Å². The van der Waals surface area contributed by atoms with Crippen LogP contribution >= 0.6 is 15.9 Å². The predicted molar refractivity (Wildman–Crippen MR) is 120 cm³/mol. The van der Waals surface area contributed by atoms with Crippen molar-refractivity contribution in [3.8, 4) is 0 Å². The molecule has 5 nitrogen and oxygen atoms in total. The summed E-state index contributed by atoms with van der Waals surface area (Å²) < 4.78 is 33.6. The highest BCUT2D eigenvalue weighted by Gasteiger charge is 2.27. The summed E-state index contributed by atoms with van der Waals surface area (Å²) >= 11 is 3.51. The summed E-state index contributed by atoms with van der Waals surface area (Å²) in [6, 6.07) is 24.5. The van der Waals surface area contributed by atoms with Gasteiger partial charge in [0, 0.05) is 6.54 Å². The Morgan fingerprint density at radius 1 is 0.933 bits per heavy atom. The van der Waals surface area contributed by atoms with Crippen LogP contribution in [0, 0.1) is 6.92 Å². The summed E-state index contributed by atoms with van der Waals surface area (Å²) in [6.45, 7) is 1.93. The number of alkyl halides is 1. The fraction of sp³-hybridized carbons (Fsp3) is 0.174. The number of hydrogen-bond donors (Lipinski definition) is 1. The molecule has 0 bridgehead atoms. The molecule has 1 N–H and O–H groups in total. The summed E-state index contributed by atoms with van der Waals surface area (Å²) in [5, 5.41) is 0. The van der Waals surface area contributed by atoms with E-state index in [9.17, 15) is 13.2 Å². The van der Waals surface area contributed by atoms with Crippen LogP contribution in [-0.2, 0) is 14.8 Å². The molecule has 0 saturated carbocycles. The van der Waals surface area contributed by atoms with E-state index in [4.69, 9.17) is 4.74 Å². The van der Waals surface area contributed by atoms with Crippen LogP contribution in [0.2, 0.25) is 0 Å². The zero-order chi connectivity index (χ0) is 21.6. The Hall–Kier alpha value is -2.48. The maximum Gasteiger partial charge on any atom is 0.338 e. The molecule has 0 aliphatic carbocycles. The maximum absolute atomic E-state index is 12.6. The number of benzene rings is 3. The molecule has 0 unspecified atom stereocenters. The van der Waals surface area contributed by atoms with Gasteiger partial charge in [-0.05, 0) is 36.8 Å². The minimum Gasteiger partial charge on any atom is -0.453 e. The molecular formula is C23H22BrNO4S. The Balaban J connectivity index is 1.76. The summed E-state index contributed by atoms with van der Waals surface area (Å²) in [6.07, 6.45) is -0.681. The van der Waals surface area contributed by atoms with Crippen LogP contribution in [0.15, 0.2) is 89.8 Å². The van der Waals surface area contributed by atoms with Crippen molar-refractivity contribution in [1.82, 2.24) is 4.72 Å². The van der Waals surface area contributed by atoms with Crippen LogP contribution in [-0.4, -0.2) is 25.8 Å². The molecule has 0 spiro atoms. The monoisotopic (exact) mass is 487 g/mol. The molecule has 2 atom stereocenters. The Kier molecular flexibility index (Phi) is 7.42. The van der Waals surface area contributed by atoms with Gasteiger partial charge in [-0.3, -0.25) is 0 Å². The standard InChI is InChI=1S/C23H22BrNO4S/c1-17-12-14-20(15-13-17)30(27,28)25-16-21(24)22(18-8-4-2-5-9-18)29-23(26)19-10-6-3-7-11-19/h2-15,21-22,25H,16H2,1H3/t21-,22+/m1/s1. The van der Waals surface area contributed by atoms with Crippen molar-refractivity contribution in [3.05, 3.63) is 102 Å². The number of aryl methyl sites for hydroxylation is 1. The second-order valence-corrected chi connectivity index (χ2v) is 9.73. The van der Waals surface area contributed by atoms with E-state index in [2.05, 4.69) is 20.7 Å². The Labute approximate surface area is 185 Å². The van der Waals surface area contributed by atoms with Gasteiger partial charge in [0.05, 0.1) is 15.3 Å². The third kappa shape index (κ3) is 5.78. The Bertz CT molecular complexity index is 1070. The molecule has 3 rings (SSSR count). The minimum absolute atomic E-state index is 0.0395. The normalized spacial score (nSPS) is 13.4. The molecule has 0 aliphatic heterocycles. The molecule has 0 heterocycles. The number of rotatable bonds is 8. The lowest BCUT2D eigenvalue weighted by Gasteiger charge is -2.24. The SMILES string of the molecule is Cc1ccc(S(=O)(=O)NC[C@@H](Br)[C@@H](OC(=O)c2ccccc2)c2ccccc2)cc1. The van der Waals surface area contributed by atoms with Gasteiger partial charge in [-0.1, -0.05) is 82.2 Å². The summed E-state index contributed by atoms with van der Waals surface area (Å²) in [4.78, 5) is 12.3. The van der Waals surface area contributed by atoms with Crippen LogP contribution in [0.1, 0.15) is 27.6 Å². The molecule has 7 heteroatoms. The van der Waals surface area contributed by atoms with E-state index in [0.717, 1.165) is 11.1 Å². The molecule has 3 aromatic carbocycles. The van der Waals surface area contributed by atoms with Crippen molar-refractivity contribution < 1.29 is 17.9 Å². The number of nitrogens with one attached hydrogen (secondary N) is 1. The molecule has 0 amide bonds. The molecule has 0 saturated heterocycles. The van der Waals surface area contributed by atoms with Crippen molar-refractivity contribution in [2.75, 3.05) is 6.54 Å². The lowest BCUT2D eigenvalue weighted by molar-refractivity contribution is 0.0298. The largest absolute Gasteiger partial charge is 0.453 e. The Morgan fingerprint density at radius 2 is 1.50 bits per heavy atom. The number of esters is 1. The van der Waals surface area contributed by atoms with Gasteiger partial charge in [0.2, 0.25) is 10.0 Å². The van der Waals surface area contributed by atoms with Crippen molar-refractivity contribution in [2.24, 2.45) is 0 Å². The smallest absolute Gasteiger partial charge is 0.338 e. The number of ether oxygens (including phenoxy) is 1. The van der Waals surface area contributed by atoms with Crippen molar-refractivity contribution in [2.45, 2.75) is 22.8 Å². The Morgan fingerprint density at radius 3 is 2.10 bits per heavy atom. The predicted octanol–water partition coefficient (Wildman–Crippen LogP) is 4.64. The second-order valence-electron chi connectivity index (χ2n) is 6.78. The first kappa shape index (κ1) is 22.2. The summed E-state index contributed by atoms with van der Waals surface area (Å²) in [7, 11) is -3.69. The van der Waals surface area contributed by atoms with Crippen LogP contribution in [0.3, 0.4) is 0 Å². The van der Waals surface area contributed by atoms with Crippen LogP contribution in [0.5, 0.6) is 0 Å². The number of halogens is 1. The molecule has 0 aliphatic rings. The minimum atomic E-state index is -3.69. The van der Waals surface area contributed by atoms with Crippen molar-refractivity contribution >= 4 is 31.9 Å². The van der Waals surface area contributed by atoms with E-state index in [1.54, 1.807) is 48.5 Å². The van der Waals surface area contributed by atoms with Gasteiger partial charge in [-0.15, -0.1) is 0 Å². The average molecular weight is 488 g/mol. The van der Waals surface area contributed by atoms with Crippen molar-refractivity contribution in [3.63, 3.8) is 0 Å². The molecule has 156 valence electrons. The molecule has 30 heavy (non-hydrogen) atoms. The van der Waals surface area contributed by atoms with E-state index in [1.807, 2.05) is 43.3 Å². The molecule has 0 radical (unpaired) electrons. The average Bonchev–Trinajstić information content (AvgIpc) is 2.77. The number of carbonyl (C=O) groups excluding carboxylic acids is 1. The zero-order valence-corrected chi connectivity index (χ0v) is 18.8. The van der Waals surface area contributed by atoms with E-state index in [1.165, 1.54) is 0 Å². The van der Waals surface area contributed by atoms with E-state index >= 15 is 0 Å². The van der Waals surface area contributed by atoms with Crippen molar-refractivity contribution in [1.29, 1.82) is 0 Å². The molecule has 0 fully saturated rings. The van der Waals surface area contributed by atoms with Gasteiger partial charge >= 0.3 is 5.97 Å². The third-order valence-corrected chi connectivity index (χ3v) is 6.74. The number of sulfonamides is 1. The summed E-state index contributed by atoms with van der Waals surface area (Å²) in [5.41, 5.74) is 2.17. The van der Waals surface area contributed by atoms with Crippen LogP contribution < -0.4 is 4.72 Å². The van der Waals surface area contributed by atoms with Gasteiger partial charge in [0.25, 0.3) is 0 Å². The second kappa shape index (κ2) is 10.0. The van der Waals surface area contributed by atoms with Gasteiger partial charge in [0.15, 0.2) is 0 Å².